The molecule has 0 bridgehead atoms. The average molecular weight is 341 g/mol. The highest BCUT2D eigenvalue weighted by Crippen LogP contribution is 2.23. The highest BCUT2D eigenvalue weighted by atomic mass is 16.2. The molecule has 0 aromatic carbocycles. The maximum absolute atomic E-state index is 12.3. The molecule has 1 heterocycles. The molecule has 24 heavy (non-hydrogen) atoms. The van der Waals surface area contributed by atoms with Gasteiger partial charge in [0, 0.05) is 12.1 Å². The van der Waals surface area contributed by atoms with Gasteiger partial charge < -0.3 is 21.7 Å². The Morgan fingerprint density at radius 1 is 1.12 bits per heavy atom. The van der Waals surface area contributed by atoms with Crippen molar-refractivity contribution in [3.63, 3.8) is 0 Å². The molecule has 0 aromatic heterocycles. The molecule has 7 heteroatoms. The lowest BCUT2D eigenvalue weighted by Gasteiger charge is -2.37. The first kappa shape index (κ1) is 19.4. The van der Waals surface area contributed by atoms with E-state index in [1.807, 2.05) is 0 Å². The molecule has 0 aromatic rings. The van der Waals surface area contributed by atoms with Crippen LogP contribution in [0.25, 0.3) is 0 Å². The van der Waals surface area contributed by atoms with Crippen LogP contribution in [0.4, 0.5) is 4.79 Å². The predicted octanol–water partition coefficient (Wildman–Crippen LogP) is 0.774. The summed E-state index contributed by atoms with van der Waals surface area (Å²) in [5, 5.41) is 16.4. The SMILES string of the molecule is CC1CCCC(NC(=O)NC2NC(C)CC(NCCCCN)N2)C1. The minimum Gasteiger partial charge on any atom is -0.335 e. The summed E-state index contributed by atoms with van der Waals surface area (Å²) in [5.74, 6) is 0.706. The zero-order chi connectivity index (χ0) is 17.4. The van der Waals surface area contributed by atoms with Crippen LogP contribution in [0.5, 0.6) is 0 Å². The molecular weight excluding hydrogens is 304 g/mol. The van der Waals surface area contributed by atoms with Crippen LogP contribution in [0.1, 0.15) is 58.8 Å². The van der Waals surface area contributed by atoms with E-state index in [-0.39, 0.29) is 18.5 Å². The largest absolute Gasteiger partial charge is 0.335 e. The lowest BCUT2D eigenvalue weighted by atomic mass is 9.87. The molecule has 1 aliphatic carbocycles. The zero-order valence-electron chi connectivity index (χ0n) is 15.2. The van der Waals surface area contributed by atoms with E-state index < -0.39 is 0 Å². The summed E-state index contributed by atoms with van der Waals surface area (Å²) in [7, 11) is 0. The highest BCUT2D eigenvalue weighted by molar-refractivity contribution is 5.74. The van der Waals surface area contributed by atoms with Crippen LogP contribution in [0.2, 0.25) is 0 Å². The van der Waals surface area contributed by atoms with E-state index in [1.165, 1.54) is 12.8 Å². The monoisotopic (exact) mass is 340 g/mol. The maximum Gasteiger partial charge on any atom is 0.317 e. The van der Waals surface area contributed by atoms with Gasteiger partial charge in [-0.25, -0.2) is 4.79 Å². The van der Waals surface area contributed by atoms with E-state index in [2.05, 4.69) is 40.4 Å². The van der Waals surface area contributed by atoms with Crippen LogP contribution in [0.3, 0.4) is 0 Å². The quantitative estimate of drug-likeness (QED) is 0.384. The Labute approximate surface area is 146 Å². The van der Waals surface area contributed by atoms with Gasteiger partial charge in [0.05, 0.1) is 6.17 Å². The van der Waals surface area contributed by atoms with Crippen molar-refractivity contribution in [2.45, 2.75) is 83.3 Å². The fourth-order valence-electron chi connectivity index (χ4n) is 3.72. The van der Waals surface area contributed by atoms with Gasteiger partial charge in [-0.3, -0.25) is 10.6 Å². The predicted molar refractivity (Wildman–Crippen MR) is 97.3 cm³/mol. The minimum absolute atomic E-state index is 0.0879. The summed E-state index contributed by atoms with van der Waals surface area (Å²) in [5.41, 5.74) is 5.52. The summed E-state index contributed by atoms with van der Waals surface area (Å²) < 4.78 is 0. The Morgan fingerprint density at radius 3 is 2.71 bits per heavy atom. The smallest absolute Gasteiger partial charge is 0.317 e. The van der Waals surface area contributed by atoms with Gasteiger partial charge in [0.25, 0.3) is 0 Å². The van der Waals surface area contributed by atoms with Gasteiger partial charge in [0.15, 0.2) is 0 Å². The van der Waals surface area contributed by atoms with Crippen LogP contribution in [0, 0.1) is 5.92 Å². The van der Waals surface area contributed by atoms with Gasteiger partial charge in [-0.15, -0.1) is 0 Å². The van der Waals surface area contributed by atoms with E-state index in [4.69, 9.17) is 5.73 Å². The summed E-state index contributed by atoms with van der Waals surface area (Å²) in [6.07, 6.45) is 7.76. The van der Waals surface area contributed by atoms with Crippen molar-refractivity contribution < 1.29 is 4.79 Å². The number of rotatable bonds is 7. The fraction of sp³-hybridized carbons (Fsp3) is 0.941. The fourth-order valence-corrected chi connectivity index (χ4v) is 3.72. The Morgan fingerprint density at radius 2 is 1.96 bits per heavy atom. The second-order valence-corrected chi connectivity index (χ2v) is 7.49. The van der Waals surface area contributed by atoms with Crippen molar-refractivity contribution in [2.75, 3.05) is 13.1 Å². The third-order valence-corrected chi connectivity index (χ3v) is 4.98. The van der Waals surface area contributed by atoms with Crippen molar-refractivity contribution in [1.29, 1.82) is 0 Å². The normalized spacial score (nSPS) is 33.9. The van der Waals surface area contributed by atoms with Gasteiger partial charge in [-0.05, 0) is 58.0 Å². The summed E-state index contributed by atoms with van der Waals surface area (Å²) >= 11 is 0. The molecule has 7 nitrogen and oxygen atoms in total. The summed E-state index contributed by atoms with van der Waals surface area (Å²) in [6.45, 7) is 6.09. The number of carbonyl (C=O) groups excluding carboxylic acids is 1. The summed E-state index contributed by atoms with van der Waals surface area (Å²) in [6, 6.07) is 0.563. The number of nitrogens with two attached hydrogens (primary N) is 1. The first-order chi connectivity index (χ1) is 11.6. The van der Waals surface area contributed by atoms with Crippen molar-refractivity contribution in [2.24, 2.45) is 11.7 Å². The molecule has 0 radical (unpaired) electrons. The van der Waals surface area contributed by atoms with Gasteiger partial charge in [-0.2, -0.15) is 0 Å². The number of hydrogen-bond donors (Lipinski definition) is 6. The highest BCUT2D eigenvalue weighted by Gasteiger charge is 2.27. The molecule has 1 saturated heterocycles. The number of unbranched alkanes of at least 4 members (excludes halogenated alkanes) is 1. The molecule has 2 aliphatic rings. The maximum atomic E-state index is 12.3. The van der Waals surface area contributed by atoms with E-state index in [1.54, 1.807) is 0 Å². The van der Waals surface area contributed by atoms with Crippen molar-refractivity contribution in [3.8, 4) is 0 Å². The molecule has 140 valence electrons. The second kappa shape index (κ2) is 10.2. The first-order valence-corrected chi connectivity index (χ1v) is 9.59. The third kappa shape index (κ3) is 6.93. The molecule has 1 aliphatic heterocycles. The van der Waals surface area contributed by atoms with Crippen molar-refractivity contribution in [1.82, 2.24) is 26.6 Å². The number of nitrogens with one attached hydrogen (secondary N) is 5. The minimum atomic E-state index is -0.207. The van der Waals surface area contributed by atoms with Crippen molar-refractivity contribution >= 4 is 6.03 Å². The van der Waals surface area contributed by atoms with E-state index in [0.29, 0.717) is 18.0 Å². The second-order valence-electron chi connectivity index (χ2n) is 7.49. The van der Waals surface area contributed by atoms with Gasteiger partial charge in [0.1, 0.15) is 6.29 Å². The number of carbonyl (C=O) groups is 1. The average Bonchev–Trinajstić information content (AvgIpc) is 2.51. The van der Waals surface area contributed by atoms with Gasteiger partial charge in [-0.1, -0.05) is 19.8 Å². The third-order valence-electron chi connectivity index (χ3n) is 4.98. The molecule has 5 atom stereocenters. The van der Waals surface area contributed by atoms with Crippen LogP contribution < -0.4 is 32.3 Å². The topological polar surface area (TPSA) is 103 Å². The van der Waals surface area contributed by atoms with E-state index >= 15 is 0 Å². The number of urea groups is 1. The molecule has 7 N–H and O–H groups in total. The molecule has 2 fully saturated rings. The summed E-state index contributed by atoms with van der Waals surface area (Å²) in [4.78, 5) is 12.3. The molecular formula is C17H36N6O. The standard InChI is InChI=1S/C17H36N6O/c1-12-6-5-7-14(10-12)21-17(24)23-16-20-13(2)11-15(22-16)19-9-4-3-8-18/h12-16,19-20,22H,3-11,18H2,1-2H3,(H2,21,23,24). The Balaban J connectivity index is 1.70. The van der Waals surface area contributed by atoms with Gasteiger partial charge >= 0.3 is 6.03 Å². The van der Waals surface area contributed by atoms with Crippen molar-refractivity contribution in [3.05, 3.63) is 0 Å². The van der Waals surface area contributed by atoms with Gasteiger partial charge in [0.2, 0.25) is 0 Å². The van der Waals surface area contributed by atoms with Crippen LogP contribution in [-0.2, 0) is 0 Å². The van der Waals surface area contributed by atoms with E-state index in [9.17, 15) is 4.79 Å². The molecule has 5 unspecified atom stereocenters. The Bertz CT molecular complexity index is 380. The molecule has 1 saturated carbocycles. The lowest BCUT2D eigenvalue weighted by molar-refractivity contribution is 0.183. The van der Waals surface area contributed by atoms with Crippen LogP contribution in [-0.4, -0.2) is 43.7 Å². The number of hydrogen-bond acceptors (Lipinski definition) is 5. The number of amides is 2. The Hall–Kier alpha value is -0.890. The molecule has 2 rings (SSSR count). The first-order valence-electron chi connectivity index (χ1n) is 9.59. The van der Waals surface area contributed by atoms with Crippen LogP contribution in [0.15, 0.2) is 0 Å². The molecule has 0 spiro atoms. The zero-order valence-corrected chi connectivity index (χ0v) is 15.2. The van der Waals surface area contributed by atoms with E-state index in [0.717, 1.165) is 45.2 Å². The lowest BCUT2D eigenvalue weighted by Crippen LogP contribution is -2.68. The molecule has 2 amide bonds. The van der Waals surface area contributed by atoms with Crippen LogP contribution >= 0.6 is 0 Å². The Kier molecular flexibility index (Phi) is 8.24.